The molecule has 0 aromatic heterocycles. The molecule has 0 saturated carbocycles. The highest BCUT2D eigenvalue weighted by Crippen LogP contribution is 2.34. The summed E-state index contributed by atoms with van der Waals surface area (Å²) in [6.45, 7) is 2.83. The first-order valence-electron chi connectivity index (χ1n) is 10.2. The van der Waals surface area contributed by atoms with Crippen LogP contribution in [0.25, 0.3) is 0 Å². The maximum Gasteiger partial charge on any atom is 0.251 e. The Morgan fingerprint density at radius 3 is 2.58 bits per heavy atom. The highest BCUT2D eigenvalue weighted by molar-refractivity contribution is 6.04. The summed E-state index contributed by atoms with van der Waals surface area (Å²) >= 11 is 0. The zero-order valence-electron chi connectivity index (χ0n) is 17.9. The molecule has 1 aliphatic heterocycles. The molecule has 0 spiro atoms. The summed E-state index contributed by atoms with van der Waals surface area (Å²) in [7, 11) is 3.07. The molecule has 1 aliphatic rings. The van der Waals surface area contributed by atoms with Crippen LogP contribution in [0.1, 0.15) is 30.1 Å². The van der Waals surface area contributed by atoms with Gasteiger partial charge in [-0.05, 0) is 36.8 Å². The van der Waals surface area contributed by atoms with Crippen LogP contribution in [-0.4, -0.2) is 45.0 Å². The van der Waals surface area contributed by atoms with Crippen LogP contribution in [0, 0.1) is 5.92 Å². The minimum absolute atomic E-state index is 0.108. The summed E-state index contributed by atoms with van der Waals surface area (Å²) in [5, 5.41) is 5.64. The van der Waals surface area contributed by atoms with Gasteiger partial charge in [0.25, 0.3) is 5.91 Å². The summed E-state index contributed by atoms with van der Waals surface area (Å²) in [6.07, 6.45) is 0.950. The standard InChI is InChI=1S/C23H27N3O5/c1-4-10-24-22(28)15-6-5-7-17(11-15)25-23(29)16-12-21(27)26(14-16)18-8-9-19(30-2)20(13-18)31-3/h5-9,11,13,16H,4,10,12,14H2,1-3H3,(H,24,28)(H,25,29). The van der Waals surface area contributed by atoms with Gasteiger partial charge in [-0.15, -0.1) is 0 Å². The number of ether oxygens (including phenoxy) is 2. The smallest absolute Gasteiger partial charge is 0.251 e. The molecule has 1 unspecified atom stereocenters. The number of methoxy groups -OCH3 is 2. The van der Waals surface area contributed by atoms with Gasteiger partial charge in [-0.1, -0.05) is 13.0 Å². The van der Waals surface area contributed by atoms with E-state index in [1.54, 1.807) is 54.5 Å². The molecule has 1 atom stereocenters. The third-order valence-electron chi connectivity index (χ3n) is 5.10. The lowest BCUT2D eigenvalue weighted by molar-refractivity contribution is -0.122. The van der Waals surface area contributed by atoms with Crippen LogP contribution in [-0.2, 0) is 9.59 Å². The molecule has 8 heteroatoms. The number of nitrogens with zero attached hydrogens (tertiary/aromatic N) is 1. The molecule has 164 valence electrons. The van der Waals surface area contributed by atoms with E-state index in [1.165, 1.54) is 7.11 Å². The minimum Gasteiger partial charge on any atom is -0.493 e. The number of hydrogen-bond donors (Lipinski definition) is 2. The SMILES string of the molecule is CCCNC(=O)c1cccc(NC(=O)C2CC(=O)N(c3ccc(OC)c(OC)c3)C2)c1. The highest BCUT2D eigenvalue weighted by Gasteiger charge is 2.35. The lowest BCUT2D eigenvalue weighted by Crippen LogP contribution is -2.28. The van der Waals surface area contributed by atoms with E-state index in [9.17, 15) is 14.4 Å². The van der Waals surface area contributed by atoms with Crippen LogP contribution >= 0.6 is 0 Å². The van der Waals surface area contributed by atoms with Crippen molar-refractivity contribution in [1.82, 2.24) is 5.32 Å². The fraction of sp³-hybridized carbons (Fsp3) is 0.348. The Morgan fingerprint density at radius 1 is 1.10 bits per heavy atom. The van der Waals surface area contributed by atoms with Crippen molar-refractivity contribution in [3.05, 3.63) is 48.0 Å². The lowest BCUT2D eigenvalue weighted by Gasteiger charge is -2.18. The zero-order valence-corrected chi connectivity index (χ0v) is 17.9. The maximum atomic E-state index is 12.8. The monoisotopic (exact) mass is 425 g/mol. The zero-order chi connectivity index (χ0) is 22.4. The first kappa shape index (κ1) is 22.1. The Hall–Kier alpha value is -3.55. The quantitative estimate of drug-likeness (QED) is 0.678. The lowest BCUT2D eigenvalue weighted by atomic mass is 10.1. The molecule has 3 amide bonds. The van der Waals surface area contributed by atoms with Gasteiger partial charge in [0.1, 0.15) is 0 Å². The Kier molecular flexibility index (Phi) is 7.12. The largest absolute Gasteiger partial charge is 0.493 e. The first-order valence-corrected chi connectivity index (χ1v) is 10.2. The second-order valence-corrected chi connectivity index (χ2v) is 7.27. The van der Waals surface area contributed by atoms with Crippen molar-refractivity contribution >= 4 is 29.1 Å². The average molecular weight is 425 g/mol. The molecule has 1 saturated heterocycles. The number of nitrogens with one attached hydrogen (secondary N) is 2. The molecule has 2 N–H and O–H groups in total. The van der Waals surface area contributed by atoms with Gasteiger partial charge in [0, 0.05) is 42.5 Å². The predicted molar refractivity (Wildman–Crippen MR) is 118 cm³/mol. The van der Waals surface area contributed by atoms with Crippen molar-refractivity contribution in [2.45, 2.75) is 19.8 Å². The molecule has 2 aromatic rings. The number of benzene rings is 2. The topological polar surface area (TPSA) is 97.0 Å². The van der Waals surface area contributed by atoms with Gasteiger partial charge >= 0.3 is 0 Å². The summed E-state index contributed by atoms with van der Waals surface area (Å²) in [5.74, 6) is -0.0109. The summed E-state index contributed by atoms with van der Waals surface area (Å²) in [6, 6.07) is 12.0. The number of carbonyl (C=O) groups is 3. The summed E-state index contributed by atoms with van der Waals surface area (Å²) < 4.78 is 10.5. The molecule has 3 rings (SSSR count). The van der Waals surface area contributed by atoms with Gasteiger partial charge in [-0.3, -0.25) is 14.4 Å². The van der Waals surface area contributed by atoms with Crippen molar-refractivity contribution in [3.8, 4) is 11.5 Å². The molecule has 0 bridgehead atoms. The van der Waals surface area contributed by atoms with E-state index in [0.717, 1.165) is 6.42 Å². The van der Waals surface area contributed by atoms with E-state index in [1.807, 2.05) is 6.92 Å². The maximum absolute atomic E-state index is 12.8. The van der Waals surface area contributed by atoms with Crippen LogP contribution in [0.15, 0.2) is 42.5 Å². The van der Waals surface area contributed by atoms with Crippen molar-refractivity contribution < 1.29 is 23.9 Å². The Labute approximate surface area is 181 Å². The molecule has 31 heavy (non-hydrogen) atoms. The second-order valence-electron chi connectivity index (χ2n) is 7.27. The number of carbonyl (C=O) groups excluding carboxylic acids is 3. The van der Waals surface area contributed by atoms with E-state index in [0.29, 0.717) is 35.0 Å². The van der Waals surface area contributed by atoms with Gasteiger partial charge in [0.2, 0.25) is 11.8 Å². The molecule has 1 fully saturated rings. The predicted octanol–water partition coefficient (Wildman–Crippen LogP) is 2.84. The second kappa shape index (κ2) is 9.97. The van der Waals surface area contributed by atoms with Crippen LogP contribution in [0.3, 0.4) is 0 Å². The summed E-state index contributed by atoms with van der Waals surface area (Å²) in [4.78, 5) is 39.1. The molecular weight excluding hydrogens is 398 g/mol. The molecule has 8 nitrogen and oxygen atoms in total. The van der Waals surface area contributed by atoms with Gasteiger partial charge in [0.05, 0.1) is 20.1 Å². The van der Waals surface area contributed by atoms with Gasteiger partial charge in [0.15, 0.2) is 11.5 Å². The number of hydrogen-bond acceptors (Lipinski definition) is 5. The molecular formula is C23H27N3O5. The van der Waals surface area contributed by atoms with Crippen LogP contribution in [0.2, 0.25) is 0 Å². The van der Waals surface area contributed by atoms with E-state index in [2.05, 4.69) is 10.6 Å². The minimum atomic E-state index is -0.502. The third kappa shape index (κ3) is 5.14. The summed E-state index contributed by atoms with van der Waals surface area (Å²) in [5.41, 5.74) is 1.64. The van der Waals surface area contributed by atoms with Gasteiger partial charge in [-0.25, -0.2) is 0 Å². The van der Waals surface area contributed by atoms with Crippen molar-refractivity contribution in [1.29, 1.82) is 0 Å². The van der Waals surface area contributed by atoms with Gasteiger partial charge in [-0.2, -0.15) is 0 Å². The normalized spacial score (nSPS) is 15.5. The molecule has 1 heterocycles. The Balaban J connectivity index is 1.68. The number of anilines is 2. The molecule has 0 radical (unpaired) electrons. The van der Waals surface area contributed by atoms with E-state index < -0.39 is 5.92 Å². The number of amides is 3. The fourth-order valence-corrected chi connectivity index (χ4v) is 3.45. The van der Waals surface area contributed by atoms with E-state index >= 15 is 0 Å². The van der Waals surface area contributed by atoms with Crippen LogP contribution < -0.4 is 25.0 Å². The Bertz CT molecular complexity index is 975. The first-order chi connectivity index (χ1) is 15.0. The van der Waals surface area contributed by atoms with Crippen molar-refractivity contribution in [2.24, 2.45) is 5.92 Å². The van der Waals surface area contributed by atoms with E-state index in [4.69, 9.17) is 9.47 Å². The van der Waals surface area contributed by atoms with Crippen molar-refractivity contribution in [3.63, 3.8) is 0 Å². The highest BCUT2D eigenvalue weighted by atomic mass is 16.5. The average Bonchev–Trinajstić information content (AvgIpc) is 3.18. The van der Waals surface area contributed by atoms with E-state index in [-0.39, 0.29) is 30.7 Å². The van der Waals surface area contributed by atoms with Gasteiger partial charge < -0.3 is 25.0 Å². The number of rotatable bonds is 8. The van der Waals surface area contributed by atoms with Crippen molar-refractivity contribution in [2.75, 3.05) is 37.5 Å². The molecule has 2 aromatic carbocycles. The van der Waals surface area contributed by atoms with Crippen LogP contribution in [0.4, 0.5) is 11.4 Å². The Morgan fingerprint density at radius 2 is 1.87 bits per heavy atom. The third-order valence-corrected chi connectivity index (χ3v) is 5.10. The molecule has 0 aliphatic carbocycles. The fourth-order valence-electron chi connectivity index (χ4n) is 3.45. The van der Waals surface area contributed by atoms with Crippen LogP contribution in [0.5, 0.6) is 11.5 Å².